The molecule has 17 heavy (non-hydrogen) atoms. The minimum Gasteiger partial charge on any atom is -0.384 e. The smallest absolute Gasteiger partial charge is 0.123 e. The molecule has 1 saturated carbocycles. The molecule has 2 aromatic heterocycles. The summed E-state index contributed by atoms with van der Waals surface area (Å²) in [7, 11) is 0. The molecule has 1 fully saturated rings. The van der Waals surface area contributed by atoms with Gasteiger partial charge < -0.3 is 10.3 Å². The topological polar surface area (TPSA) is 56.7 Å². The molecular formula is C13H16N4. The van der Waals surface area contributed by atoms with Crippen molar-refractivity contribution in [2.75, 3.05) is 5.73 Å². The van der Waals surface area contributed by atoms with Crippen molar-refractivity contribution in [2.45, 2.75) is 25.8 Å². The first-order chi connectivity index (χ1) is 8.24. The van der Waals surface area contributed by atoms with Crippen LogP contribution >= 0.6 is 0 Å². The number of pyridine rings is 1. The van der Waals surface area contributed by atoms with E-state index >= 15 is 0 Å². The maximum atomic E-state index is 5.72. The molecule has 0 bridgehead atoms. The minimum atomic E-state index is 0.553. The predicted octanol–water partition coefficient (Wildman–Crippen LogP) is 2.50. The maximum Gasteiger partial charge on any atom is 0.123 e. The van der Waals surface area contributed by atoms with E-state index in [4.69, 9.17) is 5.73 Å². The first kappa shape index (κ1) is 10.3. The Balaban J connectivity index is 1.96. The summed E-state index contributed by atoms with van der Waals surface area (Å²) in [5, 5.41) is 0. The van der Waals surface area contributed by atoms with Crippen molar-refractivity contribution in [1.29, 1.82) is 0 Å². The molecule has 3 rings (SSSR count). The van der Waals surface area contributed by atoms with Crippen LogP contribution in [0.3, 0.4) is 0 Å². The van der Waals surface area contributed by atoms with Crippen LogP contribution in [0.2, 0.25) is 0 Å². The van der Waals surface area contributed by atoms with Crippen LogP contribution in [0.4, 0.5) is 5.82 Å². The maximum absolute atomic E-state index is 5.72. The zero-order valence-corrected chi connectivity index (χ0v) is 9.87. The first-order valence-corrected chi connectivity index (χ1v) is 5.98. The molecule has 4 nitrogen and oxygen atoms in total. The summed E-state index contributed by atoms with van der Waals surface area (Å²) in [4.78, 5) is 8.28. The highest BCUT2D eigenvalue weighted by Crippen LogP contribution is 2.39. The van der Waals surface area contributed by atoms with Crippen molar-refractivity contribution in [3.8, 4) is 11.3 Å². The molecule has 0 saturated heterocycles. The number of rotatable bonds is 2. The van der Waals surface area contributed by atoms with Crippen LogP contribution in [-0.2, 0) is 0 Å². The van der Waals surface area contributed by atoms with Crippen molar-refractivity contribution >= 4 is 5.82 Å². The molecule has 0 amide bonds. The Morgan fingerprint density at radius 2 is 2.24 bits per heavy atom. The summed E-state index contributed by atoms with van der Waals surface area (Å²) in [5.41, 5.74) is 7.95. The lowest BCUT2D eigenvalue weighted by molar-refractivity contribution is 0.217. The van der Waals surface area contributed by atoms with Crippen LogP contribution in [0.25, 0.3) is 11.3 Å². The molecule has 1 aliphatic carbocycles. The van der Waals surface area contributed by atoms with E-state index in [2.05, 4.69) is 21.5 Å². The second-order valence-corrected chi connectivity index (χ2v) is 4.89. The van der Waals surface area contributed by atoms with Gasteiger partial charge in [-0.1, -0.05) is 6.92 Å². The third-order valence-corrected chi connectivity index (χ3v) is 3.49. The van der Waals surface area contributed by atoms with Crippen molar-refractivity contribution in [1.82, 2.24) is 14.5 Å². The summed E-state index contributed by atoms with van der Waals surface area (Å²) >= 11 is 0. The van der Waals surface area contributed by atoms with E-state index in [1.807, 2.05) is 24.7 Å². The molecule has 88 valence electrons. The van der Waals surface area contributed by atoms with Crippen LogP contribution in [0.1, 0.15) is 25.8 Å². The van der Waals surface area contributed by atoms with E-state index in [1.165, 1.54) is 12.8 Å². The number of nitrogen functional groups attached to an aromatic ring is 1. The van der Waals surface area contributed by atoms with Gasteiger partial charge in [-0.3, -0.25) is 0 Å². The van der Waals surface area contributed by atoms with Gasteiger partial charge in [0, 0.05) is 17.8 Å². The van der Waals surface area contributed by atoms with Crippen LogP contribution in [0, 0.1) is 5.92 Å². The van der Waals surface area contributed by atoms with Crippen molar-refractivity contribution < 1.29 is 0 Å². The van der Waals surface area contributed by atoms with Crippen molar-refractivity contribution in [3.63, 3.8) is 0 Å². The Bertz CT molecular complexity index is 526. The lowest BCUT2D eigenvalue weighted by Gasteiger charge is -2.34. The fraction of sp³-hybridized carbons (Fsp3) is 0.385. The van der Waals surface area contributed by atoms with Gasteiger partial charge in [-0.2, -0.15) is 0 Å². The van der Waals surface area contributed by atoms with Crippen molar-refractivity contribution in [3.05, 3.63) is 30.9 Å². The molecule has 0 atom stereocenters. The fourth-order valence-corrected chi connectivity index (χ4v) is 2.51. The molecule has 0 aliphatic heterocycles. The van der Waals surface area contributed by atoms with Gasteiger partial charge in [0.25, 0.3) is 0 Å². The minimum absolute atomic E-state index is 0.553. The molecule has 1 aliphatic rings. The molecule has 2 N–H and O–H groups in total. The largest absolute Gasteiger partial charge is 0.384 e. The van der Waals surface area contributed by atoms with Gasteiger partial charge in [-0.15, -0.1) is 0 Å². The average Bonchev–Trinajstić information content (AvgIpc) is 2.73. The standard InChI is InChI=1S/C13H16N4/c1-9-4-11(5-9)17-8-15-7-12(17)10-2-3-16-13(14)6-10/h2-3,6-9,11H,4-5H2,1H3,(H2,14,16). The number of hydrogen-bond acceptors (Lipinski definition) is 3. The molecule has 0 unspecified atom stereocenters. The van der Waals surface area contributed by atoms with Crippen molar-refractivity contribution in [2.24, 2.45) is 5.92 Å². The van der Waals surface area contributed by atoms with Crippen LogP contribution in [-0.4, -0.2) is 14.5 Å². The van der Waals surface area contributed by atoms with E-state index in [1.54, 1.807) is 6.20 Å². The Hall–Kier alpha value is -1.84. The third-order valence-electron chi connectivity index (χ3n) is 3.49. The van der Waals surface area contributed by atoms with Crippen LogP contribution in [0.15, 0.2) is 30.9 Å². The lowest BCUT2D eigenvalue weighted by atomic mass is 9.81. The van der Waals surface area contributed by atoms with Crippen LogP contribution < -0.4 is 5.73 Å². The second-order valence-electron chi connectivity index (χ2n) is 4.89. The number of hydrogen-bond donors (Lipinski definition) is 1. The summed E-state index contributed by atoms with van der Waals surface area (Å²) in [6, 6.07) is 4.47. The number of nitrogens with zero attached hydrogens (tertiary/aromatic N) is 3. The zero-order valence-electron chi connectivity index (χ0n) is 9.87. The van der Waals surface area contributed by atoms with Crippen LogP contribution in [0.5, 0.6) is 0 Å². The molecule has 0 spiro atoms. The van der Waals surface area contributed by atoms with E-state index < -0.39 is 0 Å². The monoisotopic (exact) mass is 228 g/mol. The molecule has 4 heteroatoms. The van der Waals surface area contributed by atoms with Gasteiger partial charge in [0.05, 0.1) is 18.2 Å². The van der Waals surface area contributed by atoms with Gasteiger partial charge in [-0.25, -0.2) is 9.97 Å². The molecule has 0 aromatic carbocycles. The van der Waals surface area contributed by atoms with Gasteiger partial charge in [0.1, 0.15) is 5.82 Å². The van der Waals surface area contributed by atoms with Gasteiger partial charge in [0.2, 0.25) is 0 Å². The fourth-order valence-electron chi connectivity index (χ4n) is 2.51. The Kier molecular flexibility index (Phi) is 2.35. The normalized spacial score (nSPS) is 23.4. The van der Waals surface area contributed by atoms with Gasteiger partial charge in [0.15, 0.2) is 0 Å². The van der Waals surface area contributed by atoms with E-state index in [9.17, 15) is 0 Å². The average molecular weight is 228 g/mol. The van der Waals surface area contributed by atoms with E-state index in [-0.39, 0.29) is 0 Å². The molecule has 2 aromatic rings. The number of anilines is 1. The summed E-state index contributed by atoms with van der Waals surface area (Å²) in [6.07, 6.45) is 8.04. The lowest BCUT2D eigenvalue weighted by Crippen LogP contribution is -2.24. The first-order valence-electron chi connectivity index (χ1n) is 5.98. The summed E-state index contributed by atoms with van der Waals surface area (Å²) < 4.78 is 2.26. The molecular weight excluding hydrogens is 212 g/mol. The predicted molar refractivity (Wildman–Crippen MR) is 67.3 cm³/mol. The third kappa shape index (κ3) is 1.79. The Morgan fingerprint density at radius 3 is 2.94 bits per heavy atom. The number of aromatic nitrogens is 3. The highest BCUT2D eigenvalue weighted by Gasteiger charge is 2.28. The van der Waals surface area contributed by atoms with E-state index in [0.717, 1.165) is 17.2 Å². The Labute approximate surface area is 101 Å². The molecule has 0 radical (unpaired) electrons. The number of nitrogens with two attached hydrogens (primary N) is 1. The Morgan fingerprint density at radius 1 is 1.41 bits per heavy atom. The SMILES string of the molecule is CC1CC(n2cncc2-c2ccnc(N)c2)C1. The summed E-state index contributed by atoms with van der Waals surface area (Å²) in [6.45, 7) is 2.29. The van der Waals surface area contributed by atoms with Gasteiger partial charge >= 0.3 is 0 Å². The van der Waals surface area contributed by atoms with Gasteiger partial charge in [-0.05, 0) is 30.9 Å². The second kappa shape index (κ2) is 3.87. The van der Waals surface area contributed by atoms with E-state index in [0.29, 0.717) is 11.9 Å². The molecule has 2 heterocycles. The summed E-state index contributed by atoms with van der Waals surface area (Å²) in [5.74, 6) is 1.38. The zero-order chi connectivity index (χ0) is 11.8. The highest BCUT2D eigenvalue weighted by atomic mass is 15.1. The quantitative estimate of drug-likeness (QED) is 0.859. The number of imidazole rings is 1. The highest BCUT2D eigenvalue weighted by molar-refractivity contribution is 5.61.